The van der Waals surface area contributed by atoms with Gasteiger partial charge in [0.2, 0.25) is 5.88 Å². The number of hydrogen-bond donors (Lipinski definition) is 1. The zero-order valence-electron chi connectivity index (χ0n) is 8.96. The molecule has 2 rings (SSSR count). The first-order chi connectivity index (χ1) is 7.69. The van der Waals surface area contributed by atoms with E-state index < -0.39 is 5.97 Å². The van der Waals surface area contributed by atoms with Crippen molar-refractivity contribution in [1.29, 1.82) is 0 Å². The molecule has 86 valence electrons. The molecule has 1 aromatic heterocycles. The Morgan fingerprint density at radius 2 is 2.38 bits per heavy atom. The molecule has 0 bridgehead atoms. The maximum Gasteiger partial charge on any atom is 0.303 e. The molecule has 6 heteroatoms. The SMILES string of the molecule is COc1cc(N2CC(CC(=O)O)C2)ncn1. The van der Waals surface area contributed by atoms with Crippen LogP contribution in [-0.2, 0) is 4.79 Å². The van der Waals surface area contributed by atoms with Gasteiger partial charge in [-0.1, -0.05) is 0 Å². The maximum atomic E-state index is 10.5. The predicted octanol–water partition coefficient (Wildman–Crippen LogP) is 0.396. The second-order valence-electron chi connectivity index (χ2n) is 3.79. The summed E-state index contributed by atoms with van der Waals surface area (Å²) in [7, 11) is 1.55. The molecule has 0 aliphatic carbocycles. The molecule has 1 aliphatic rings. The van der Waals surface area contributed by atoms with E-state index >= 15 is 0 Å². The molecule has 1 aliphatic heterocycles. The van der Waals surface area contributed by atoms with Gasteiger partial charge < -0.3 is 14.7 Å². The topological polar surface area (TPSA) is 75.5 Å². The molecular weight excluding hydrogens is 210 g/mol. The Kier molecular flexibility index (Phi) is 2.89. The van der Waals surface area contributed by atoms with E-state index in [0.29, 0.717) is 5.88 Å². The van der Waals surface area contributed by atoms with Crippen LogP contribution in [0.1, 0.15) is 6.42 Å². The highest BCUT2D eigenvalue weighted by molar-refractivity contribution is 5.67. The zero-order valence-corrected chi connectivity index (χ0v) is 8.96. The van der Waals surface area contributed by atoms with E-state index in [1.807, 2.05) is 4.90 Å². The van der Waals surface area contributed by atoms with Crippen molar-refractivity contribution in [3.8, 4) is 5.88 Å². The van der Waals surface area contributed by atoms with Crippen molar-refractivity contribution in [2.24, 2.45) is 5.92 Å². The number of hydrogen-bond acceptors (Lipinski definition) is 5. The van der Waals surface area contributed by atoms with Gasteiger partial charge in [-0.3, -0.25) is 4.79 Å². The van der Waals surface area contributed by atoms with Crippen molar-refractivity contribution < 1.29 is 14.6 Å². The van der Waals surface area contributed by atoms with Crippen LogP contribution in [0.2, 0.25) is 0 Å². The zero-order chi connectivity index (χ0) is 11.5. The van der Waals surface area contributed by atoms with Gasteiger partial charge >= 0.3 is 5.97 Å². The predicted molar refractivity (Wildman–Crippen MR) is 56.5 cm³/mol. The van der Waals surface area contributed by atoms with Crippen LogP contribution >= 0.6 is 0 Å². The first-order valence-electron chi connectivity index (χ1n) is 5.02. The second-order valence-corrected chi connectivity index (χ2v) is 3.79. The van der Waals surface area contributed by atoms with E-state index in [1.165, 1.54) is 6.33 Å². The number of methoxy groups -OCH3 is 1. The van der Waals surface area contributed by atoms with E-state index in [1.54, 1.807) is 13.2 Å². The highest BCUT2D eigenvalue weighted by Gasteiger charge is 2.29. The van der Waals surface area contributed by atoms with Gasteiger partial charge in [0.15, 0.2) is 0 Å². The molecule has 0 aromatic carbocycles. The highest BCUT2D eigenvalue weighted by Crippen LogP contribution is 2.26. The van der Waals surface area contributed by atoms with Crippen molar-refractivity contribution in [1.82, 2.24) is 9.97 Å². The third-order valence-corrected chi connectivity index (χ3v) is 2.58. The fourth-order valence-corrected chi connectivity index (χ4v) is 1.75. The summed E-state index contributed by atoms with van der Waals surface area (Å²) < 4.78 is 4.99. The summed E-state index contributed by atoms with van der Waals surface area (Å²) in [6.45, 7) is 1.46. The standard InChI is InChI=1S/C10H13N3O3/c1-16-9-3-8(11-6-12-9)13-4-7(5-13)2-10(14)15/h3,6-7H,2,4-5H2,1H3,(H,14,15). The number of carboxylic acid groups (broad SMARTS) is 1. The Bertz CT molecular complexity index is 391. The van der Waals surface area contributed by atoms with Crippen LogP contribution in [0.25, 0.3) is 0 Å². The molecule has 1 aromatic rings. The summed E-state index contributed by atoms with van der Waals surface area (Å²) >= 11 is 0. The number of carbonyl (C=O) groups is 1. The molecule has 0 atom stereocenters. The Morgan fingerprint density at radius 3 is 3.00 bits per heavy atom. The Morgan fingerprint density at radius 1 is 1.62 bits per heavy atom. The average Bonchev–Trinajstić information content (AvgIpc) is 2.22. The minimum Gasteiger partial charge on any atom is -0.481 e. The Hall–Kier alpha value is -1.85. The Balaban J connectivity index is 1.93. The summed E-state index contributed by atoms with van der Waals surface area (Å²) in [5, 5.41) is 8.62. The van der Waals surface area contributed by atoms with Crippen LogP contribution in [0.4, 0.5) is 5.82 Å². The number of carboxylic acids is 1. The van der Waals surface area contributed by atoms with Gasteiger partial charge in [-0.2, -0.15) is 0 Å². The smallest absolute Gasteiger partial charge is 0.303 e. The minimum absolute atomic E-state index is 0.221. The fourth-order valence-electron chi connectivity index (χ4n) is 1.75. The van der Waals surface area contributed by atoms with Gasteiger partial charge in [-0.15, -0.1) is 0 Å². The highest BCUT2D eigenvalue weighted by atomic mass is 16.5. The second kappa shape index (κ2) is 4.34. The number of ether oxygens (including phenoxy) is 1. The molecular formula is C10H13N3O3. The molecule has 1 saturated heterocycles. The minimum atomic E-state index is -0.745. The van der Waals surface area contributed by atoms with Gasteiger partial charge in [0.25, 0.3) is 0 Å². The average molecular weight is 223 g/mol. The summed E-state index contributed by atoms with van der Waals surface area (Å²) in [6.07, 6.45) is 1.66. The molecule has 1 N–H and O–H groups in total. The van der Waals surface area contributed by atoms with Crippen LogP contribution in [0, 0.1) is 5.92 Å². The van der Waals surface area contributed by atoms with E-state index in [4.69, 9.17) is 9.84 Å². The molecule has 0 amide bonds. The molecule has 0 radical (unpaired) electrons. The summed E-state index contributed by atoms with van der Waals surface area (Å²) in [5.41, 5.74) is 0. The lowest BCUT2D eigenvalue weighted by Gasteiger charge is -2.39. The van der Waals surface area contributed by atoms with Crippen molar-refractivity contribution in [3.05, 3.63) is 12.4 Å². The first kappa shape index (κ1) is 10.7. The molecule has 1 fully saturated rings. The largest absolute Gasteiger partial charge is 0.481 e. The number of anilines is 1. The van der Waals surface area contributed by atoms with Gasteiger partial charge in [-0.25, -0.2) is 9.97 Å². The summed E-state index contributed by atoms with van der Waals surface area (Å²) in [6, 6.07) is 1.75. The van der Waals surface area contributed by atoms with Crippen molar-refractivity contribution in [2.75, 3.05) is 25.1 Å². The number of rotatable bonds is 4. The molecule has 2 heterocycles. The summed E-state index contributed by atoms with van der Waals surface area (Å²) in [4.78, 5) is 20.5. The van der Waals surface area contributed by atoms with Gasteiger partial charge in [0.1, 0.15) is 12.1 Å². The normalized spacial score (nSPS) is 15.7. The van der Waals surface area contributed by atoms with E-state index in [-0.39, 0.29) is 12.3 Å². The third-order valence-electron chi connectivity index (χ3n) is 2.58. The quantitative estimate of drug-likeness (QED) is 0.796. The van der Waals surface area contributed by atoms with Gasteiger partial charge in [0, 0.05) is 25.1 Å². The van der Waals surface area contributed by atoms with Gasteiger partial charge in [-0.05, 0) is 0 Å². The van der Waals surface area contributed by atoms with Crippen molar-refractivity contribution in [3.63, 3.8) is 0 Å². The summed E-state index contributed by atoms with van der Waals surface area (Å²) in [5.74, 6) is 0.781. The van der Waals surface area contributed by atoms with Gasteiger partial charge in [0.05, 0.1) is 13.5 Å². The molecule has 0 spiro atoms. The van der Waals surface area contributed by atoms with Crippen LogP contribution in [0.3, 0.4) is 0 Å². The van der Waals surface area contributed by atoms with Crippen LogP contribution in [0.15, 0.2) is 12.4 Å². The lowest BCUT2D eigenvalue weighted by molar-refractivity contribution is -0.138. The molecule has 0 unspecified atom stereocenters. The number of aliphatic carboxylic acids is 1. The lowest BCUT2D eigenvalue weighted by atomic mass is 9.96. The molecule has 6 nitrogen and oxygen atoms in total. The number of aromatic nitrogens is 2. The molecule has 16 heavy (non-hydrogen) atoms. The maximum absolute atomic E-state index is 10.5. The lowest BCUT2D eigenvalue weighted by Crippen LogP contribution is -2.48. The first-order valence-corrected chi connectivity index (χ1v) is 5.02. The monoisotopic (exact) mass is 223 g/mol. The third kappa shape index (κ3) is 2.21. The van der Waals surface area contributed by atoms with Crippen LogP contribution < -0.4 is 9.64 Å². The fraction of sp³-hybridized carbons (Fsp3) is 0.500. The van der Waals surface area contributed by atoms with Crippen molar-refractivity contribution in [2.45, 2.75) is 6.42 Å². The van der Waals surface area contributed by atoms with Crippen molar-refractivity contribution >= 4 is 11.8 Å². The van der Waals surface area contributed by atoms with E-state index in [0.717, 1.165) is 18.9 Å². The van der Waals surface area contributed by atoms with E-state index in [2.05, 4.69) is 9.97 Å². The van der Waals surface area contributed by atoms with E-state index in [9.17, 15) is 4.79 Å². The molecule has 0 saturated carbocycles. The Labute approximate surface area is 92.9 Å². The number of nitrogens with zero attached hydrogens (tertiary/aromatic N) is 3. The van der Waals surface area contributed by atoms with Crippen LogP contribution in [-0.4, -0.2) is 41.2 Å². The van der Waals surface area contributed by atoms with Crippen LogP contribution in [0.5, 0.6) is 5.88 Å².